The number of halogens is 1. The van der Waals surface area contributed by atoms with Crippen LogP contribution in [0.25, 0.3) is 0 Å². The Bertz CT molecular complexity index is 918. The van der Waals surface area contributed by atoms with Crippen molar-refractivity contribution in [1.29, 1.82) is 0 Å². The van der Waals surface area contributed by atoms with E-state index in [4.69, 9.17) is 9.26 Å². The number of ether oxygens (including phenoxy) is 1. The van der Waals surface area contributed by atoms with E-state index in [0.717, 1.165) is 0 Å². The van der Waals surface area contributed by atoms with Crippen LogP contribution in [-0.2, 0) is 4.74 Å². The molecular weight excluding hydrogens is 421 g/mol. The van der Waals surface area contributed by atoms with E-state index in [1.54, 1.807) is 19.9 Å². The van der Waals surface area contributed by atoms with E-state index in [1.165, 1.54) is 18.2 Å². The highest BCUT2D eigenvalue weighted by atomic mass is 19.1. The number of anilines is 2. The molecule has 0 unspecified atom stereocenters. The van der Waals surface area contributed by atoms with Gasteiger partial charge >= 0.3 is 12.1 Å². The van der Waals surface area contributed by atoms with E-state index in [1.807, 2.05) is 0 Å². The van der Waals surface area contributed by atoms with Gasteiger partial charge in [0.05, 0.1) is 18.8 Å². The number of hydrogen-bond donors (Lipinski definition) is 5. The molecule has 174 valence electrons. The van der Waals surface area contributed by atoms with Gasteiger partial charge in [-0.15, -0.1) is 0 Å². The molecule has 2 heterocycles. The molecular formula is C21H28FN5O5. The average Bonchev–Trinajstić information content (AvgIpc) is 3.06. The number of nitrogens with zero attached hydrogens (tertiary/aromatic N) is 1. The largest absolute Gasteiger partial charge is 0.394 e. The molecule has 0 spiro atoms. The quantitative estimate of drug-likeness (QED) is 0.441. The van der Waals surface area contributed by atoms with Crippen LogP contribution in [0.4, 0.5) is 25.4 Å². The van der Waals surface area contributed by atoms with Crippen LogP contribution in [0.1, 0.15) is 30.7 Å². The minimum atomic E-state index is -0.580. The Kier molecular flexibility index (Phi) is 8.01. The van der Waals surface area contributed by atoms with Crippen molar-refractivity contribution in [2.75, 3.05) is 23.8 Å². The van der Waals surface area contributed by atoms with E-state index in [2.05, 4.69) is 26.4 Å². The fourth-order valence-electron chi connectivity index (χ4n) is 3.58. The minimum absolute atomic E-state index is 0.171. The van der Waals surface area contributed by atoms with Crippen molar-refractivity contribution >= 4 is 23.4 Å². The van der Waals surface area contributed by atoms with Gasteiger partial charge in [-0.05, 0) is 51.3 Å². The lowest BCUT2D eigenvalue weighted by atomic mass is 9.97. The molecule has 4 amide bonds. The molecule has 1 aliphatic heterocycles. The Balaban J connectivity index is 1.41. The van der Waals surface area contributed by atoms with E-state index in [0.29, 0.717) is 48.6 Å². The van der Waals surface area contributed by atoms with Gasteiger partial charge in [-0.2, -0.15) is 0 Å². The van der Waals surface area contributed by atoms with Gasteiger partial charge in [0, 0.05) is 12.2 Å². The molecule has 32 heavy (non-hydrogen) atoms. The second-order valence-electron chi connectivity index (χ2n) is 7.64. The van der Waals surface area contributed by atoms with Gasteiger partial charge in [-0.3, -0.25) is 0 Å². The second-order valence-corrected chi connectivity index (χ2v) is 7.64. The van der Waals surface area contributed by atoms with Crippen LogP contribution in [0.3, 0.4) is 0 Å². The molecule has 5 N–H and O–H groups in total. The zero-order valence-corrected chi connectivity index (χ0v) is 18.0. The number of benzene rings is 1. The number of carbonyl (C=O) groups excluding carboxylic acids is 2. The number of carbonyl (C=O) groups is 2. The molecule has 0 bridgehead atoms. The van der Waals surface area contributed by atoms with E-state index in [9.17, 15) is 19.1 Å². The minimum Gasteiger partial charge on any atom is -0.394 e. The Morgan fingerprint density at radius 3 is 2.72 bits per heavy atom. The highest BCUT2D eigenvalue weighted by Gasteiger charge is 2.31. The summed E-state index contributed by atoms with van der Waals surface area (Å²) in [7, 11) is 0. The number of aryl methyl sites for hydroxylation is 2. The summed E-state index contributed by atoms with van der Waals surface area (Å²) in [5.74, 6) is 0.0768. The zero-order valence-electron chi connectivity index (χ0n) is 18.0. The summed E-state index contributed by atoms with van der Waals surface area (Å²) in [6.45, 7) is 3.56. The molecule has 11 heteroatoms. The molecule has 1 aliphatic rings. The SMILES string of the molecule is Cc1noc(C)c1NC(=O)NCC[C@@H]1CC[C@@H](NC(=O)Nc2cccc(F)c2)[C@H](CO)O1. The van der Waals surface area contributed by atoms with Crippen molar-refractivity contribution in [2.45, 2.75) is 51.4 Å². The summed E-state index contributed by atoms with van der Waals surface area (Å²) < 4.78 is 24.2. The lowest BCUT2D eigenvalue weighted by molar-refractivity contribution is -0.0885. The standard InChI is InChI=1S/C21H28FN5O5/c1-12-19(13(2)32-27-12)26-20(29)23-9-8-16-6-7-17(18(11-28)31-16)25-21(30)24-15-5-3-4-14(22)10-15/h3-5,10,16-18,28H,6-9,11H2,1-2H3,(H2,23,26,29)(H2,24,25,30)/t16-,17+,18-/m0/s1. The molecule has 0 saturated carbocycles. The third kappa shape index (κ3) is 6.41. The predicted octanol–water partition coefficient (Wildman–Crippen LogP) is 2.67. The van der Waals surface area contributed by atoms with Crippen LogP contribution in [0.15, 0.2) is 28.8 Å². The number of rotatable bonds is 7. The highest BCUT2D eigenvalue weighted by Crippen LogP contribution is 2.22. The first-order chi connectivity index (χ1) is 15.4. The van der Waals surface area contributed by atoms with Crippen LogP contribution in [-0.4, -0.2) is 53.7 Å². The number of urea groups is 2. The van der Waals surface area contributed by atoms with Crippen LogP contribution in [0.5, 0.6) is 0 Å². The van der Waals surface area contributed by atoms with Crippen molar-refractivity contribution in [3.8, 4) is 0 Å². The first-order valence-electron chi connectivity index (χ1n) is 10.4. The molecule has 0 aliphatic carbocycles. The molecule has 10 nitrogen and oxygen atoms in total. The Hall–Kier alpha value is -3.18. The number of aliphatic hydroxyl groups is 1. The van der Waals surface area contributed by atoms with Crippen LogP contribution in [0, 0.1) is 19.7 Å². The van der Waals surface area contributed by atoms with E-state index in [-0.39, 0.29) is 24.8 Å². The van der Waals surface area contributed by atoms with Crippen molar-refractivity contribution in [3.05, 3.63) is 41.5 Å². The highest BCUT2D eigenvalue weighted by molar-refractivity contribution is 5.90. The van der Waals surface area contributed by atoms with Gasteiger partial charge in [-0.25, -0.2) is 14.0 Å². The maximum atomic E-state index is 13.3. The monoisotopic (exact) mass is 449 g/mol. The smallest absolute Gasteiger partial charge is 0.319 e. The average molecular weight is 449 g/mol. The summed E-state index contributed by atoms with van der Waals surface area (Å²) in [4.78, 5) is 24.3. The number of aromatic nitrogens is 1. The fourth-order valence-corrected chi connectivity index (χ4v) is 3.58. The van der Waals surface area contributed by atoms with Gasteiger partial charge in [-0.1, -0.05) is 11.2 Å². The topological polar surface area (TPSA) is 138 Å². The summed E-state index contributed by atoms with van der Waals surface area (Å²) in [5.41, 5.74) is 1.47. The van der Waals surface area contributed by atoms with Gasteiger partial charge in [0.1, 0.15) is 23.3 Å². The molecule has 1 aromatic carbocycles. The third-order valence-corrected chi connectivity index (χ3v) is 5.22. The first-order valence-corrected chi connectivity index (χ1v) is 10.4. The fraction of sp³-hybridized carbons (Fsp3) is 0.476. The Morgan fingerprint density at radius 2 is 2.03 bits per heavy atom. The summed E-state index contributed by atoms with van der Waals surface area (Å²) >= 11 is 0. The van der Waals surface area contributed by atoms with Gasteiger partial charge in [0.25, 0.3) is 0 Å². The maximum Gasteiger partial charge on any atom is 0.319 e. The van der Waals surface area contributed by atoms with Crippen LogP contribution in [0.2, 0.25) is 0 Å². The summed E-state index contributed by atoms with van der Waals surface area (Å²) in [6, 6.07) is 4.31. The number of hydrogen-bond acceptors (Lipinski definition) is 6. The number of amides is 4. The molecule has 1 fully saturated rings. The summed E-state index contributed by atoms with van der Waals surface area (Å²) in [5, 5.41) is 24.3. The van der Waals surface area contributed by atoms with E-state index < -0.39 is 18.0 Å². The molecule has 1 aromatic heterocycles. The third-order valence-electron chi connectivity index (χ3n) is 5.22. The predicted molar refractivity (Wildman–Crippen MR) is 115 cm³/mol. The maximum absolute atomic E-state index is 13.3. The molecule has 2 aromatic rings. The molecule has 1 saturated heterocycles. The van der Waals surface area contributed by atoms with Crippen LogP contribution < -0.4 is 21.3 Å². The Labute approximate surface area is 184 Å². The Morgan fingerprint density at radius 1 is 1.22 bits per heavy atom. The van der Waals surface area contributed by atoms with Crippen molar-refractivity contribution < 1.29 is 28.3 Å². The zero-order chi connectivity index (χ0) is 23.1. The molecule has 3 rings (SSSR count). The van der Waals surface area contributed by atoms with Crippen molar-refractivity contribution in [1.82, 2.24) is 15.8 Å². The second kappa shape index (κ2) is 10.9. The number of aliphatic hydroxyl groups excluding tert-OH is 1. The first kappa shape index (κ1) is 23.5. The van der Waals surface area contributed by atoms with Crippen molar-refractivity contribution in [2.24, 2.45) is 0 Å². The lowest BCUT2D eigenvalue weighted by Crippen LogP contribution is -2.52. The van der Waals surface area contributed by atoms with Gasteiger partial charge in [0.2, 0.25) is 0 Å². The summed E-state index contributed by atoms with van der Waals surface area (Å²) in [6.07, 6.45) is 1.04. The number of nitrogens with one attached hydrogen (secondary N) is 4. The molecule has 3 atom stereocenters. The van der Waals surface area contributed by atoms with Crippen LogP contribution >= 0.6 is 0 Å². The normalized spacial score (nSPS) is 20.4. The van der Waals surface area contributed by atoms with Crippen molar-refractivity contribution in [3.63, 3.8) is 0 Å². The van der Waals surface area contributed by atoms with Gasteiger partial charge < -0.3 is 35.6 Å². The lowest BCUT2D eigenvalue weighted by Gasteiger charge is -2.36. The van der Waals surface area contributed by atoms with E-state index >= 15 is 0 Å². The van der Waals surface area contributed by atoms with Gasteiger partial charge in [0.15, 0.2) is 5.76 Å². The molecule has 0 radical (unpaired) electrons.